The van der Waals surface area contributed by atoms with E-state index in [1.807, 2.05) is 22.6 Å². The monoisotopic (exact) mass is 361 g/mol. The Labute approximate surface area is 122 Å². The SMILES string of the molecule is CCC(CC)(CC)NC(=O)c1ccc(I)c(O)c1. The highest BCUT2D eigenvalue weighted by atomic mass is 127. The molecule has 0 aliphatic rings. The molecule has 0 saturated heterocycles. The van der Waals surface area contributed by atoms with Gasteiger partial charge in [-0.1, -0.05) is 20.8 Å². The van der Waals surface area contributed by atoms with Gasteiger partial charge in [0, 0.05) is 11.1 Å². The molecule has 18 heavy (non-hydrogen) atoms. The molecule has 4 heteroatoms. The Morgan fingerprint density at radius 1 is 1.28 bits per heavy atom. The number of hydrogen-bond donors (Lipinski definition) is 2. The number of carbonyl (C=O) groups excluding carboxylic acids is 1. The van der Waals surface area contributed by atoms with Crippen molar-refractivity contribution in [2.45, 2.75) is 45.6 Å². The van der Waals surface area contributed by atoms with Gasteiger partial charge in [-0.25, -0.2) is 0 Å². The van der Waals surface area contributed by atoms with Crippen molar-refractivity contribution in [3.63, 3.8) is 0 Å². The molecule has 3 nitrogen and oxygen atoms in total. The molecule has 0 bridgehead atoms. The minimum absolute atomic E-state index is 0.118. The summed E-state index contributed by atoms with van der Waals surface area (Å²) in [6.07, 6.45) is 2.71. The van der Waals surface area contributed by atoms with Gasteiger partial charge >= 0.3 is 0 Å². The molecule has 0 heterocycles. The molecule has 0 radical (unpaired) electrons. The zero-order chi connectivity index (χ0) is 13.8. The van der Waals surface area contributed by atoms with Crippen molar-refractivity contribution in [2.24, 2.45) is 0 Å². The minimum Gasteiger partial charge on any atom is -0.507 e. The highest BCUT2D eigenvalue weighted by Gasteiger charge is 2.26. The molecule has 1 aromatic carbocycles. The van der Waals surface area contributed by atoms with E-state index in [2.05, 4.69) is 26.1 Å². The number of carbonyl (C=O) groups is 1. The Morgan fingerprint density at radius 3 is 2.28 bits per heavy atom. The molecule has 100 valence electrons. The Morgan fingerprint density at radius 2 is 1.83 bits per heavy atom. The maximum absolute atomic E-state index is 12.2. The fourth-order valence-electron chi connectivity index (χ4n) is 1.98. The van der Waals surface area contributed by atoms with Gasteiger partial charge in [0.05, 0.1) is 3.57 Å². The lowest BCUT2D eigenvalue weighted by molar-refractivity contribution is 0.0888. The highest BCUT2D eigenvalue weighted by Crippen LogP contribution is 2.23. The van der Waals surface area contributed by atoms with E-state index in [0.717, 1.165) is 22.8 Å². The van der Waals surface area contributed by atoms with Crippen LogP contribution in [-0.4, -0.2) is 16.6 Å². The van der Waals surface area contributed by atoms with Crippen LogP contribution < -0.4 is 5.32 Å². The molecule has 0 saturated carbocycles. The molecule has 1 rings (SSSR count). The molecular weight excluding hydrogens is 341 g/mol. The van der Waals surface area contributed by atoms with Gasteiger partial charge in [0.15, 0.2) is 0 Å². The van der Waals surface area contributed by atoms with Gasteiger partial charge in [-0.05, 0) is 60.1 Å². The minimum atomic E-state index is -0.143. The number of nitrogens with one attached hydrogen (secondary N) is 1. The Kier molecular flexibility index (Phi) is 5.44. The molecular formula is C14H20INO2. The largest absolute Gasteiger partial charge is 0.507 e. The third kappa shape index (κ3) is 3.37. The molecule has 0 fully saturated rings. The first-order valence-corrected chi connectivity index (χ1v) is 7.37. The molecule has 0 spiro atoms. The molecule has 0 atom stereocenters. The quantitative estimate of drug-likeness (QED) is 0.786. The van der Waals surface area contributed by atoms with Crippen LogP contribution in [0.25, 0.3) is 0 Å². The summed E-state index contributed by atoms with van der Waals surface area (Å²) in [6, 6.07) is 5.00. The Hall–Kier alpha value is -0.780. The van der Waals surface area contributed by atoms with Gasteiger partial charge in [0.2, 0.25) is 0 Å². The van der Waals surface area contributed by atoms with Crippen molar-refractivity contribution in [1.82, 2.24) is 5.32 Å². The maximum Gasteiger partial charge on any atom is 0.251 e. The average Bonchev–Trinajstić information content (AvgIpc) is 2.39. The average molecular weight is 361 g/mol. The van der Waals surface area contributed by atoms with Gasteiger partial charge in [0.25, 0.3) is 5.91 Å². The second-order valence-corrected chi connectivity index (χ2v) is 5.62. The predicted molar refractivity (Wildman–Crippen MR) is 81.9 cm³/mol. The van der Waals surface area contributed by atoms with E-state index >= 15 is 0 Å². The molecule has 1 amide bonds. The van der Waals surface area contributed by atoms with Gasteiger partial charge in [-0.3, -0.25) is 4.79 Å². The number of rotatable bonds is 5. The van der Waals surface area contributed by atoms with E-state index < -0.39 is 0 Å². The van der Waals surface area contributed by atoms with E-state index in [-0.39, 0.29) is 17.2 Å². The van der Waals surface area contributed by atoms with Crippen molar-refractivity contribution >= 4 is 28.5 Å². The van der Waals surface area contributed by atoms with Gasteiger partial charge in [-0.15, -0.1) is 0 Å². The zero-order valence-corrected chi connectivity index (χ0v) is 13.2. The van der Waals surface area contributed by atoms with Crippen LogP contribution in [0.15, 0.2) is 18.2 Å². The van der Waals surface area contributed by atoms with Crippen molar-refractivity contribution in [3.05, 3.63) is 27.3 Å². The van der Waals surface area contributed by atoms with E-state index in [1.54, 1.807) is 12.1 Å². The summed E-state index contributed by atoms with van der Waals surface area (Å²) in [6.45, 7) is 6.25. The van der Waals surface area contributed by atoms with Crippen LogP contribution in [0.5, 0.6) is 5.75 Å². The van der Waals surface area contributed by atoms with Crippen LogP contribution in [-0.2, 0) is 0 Å². The first-order valence-electron chi connectivity index (χ1n) is 6.29. The van der Waals surface area contributed by atoms with Gasteiger partial charge in [-0.2, -0.15) is 0 Å². The summed E-state index contributed by atoms with van der Waals surface area (Å²) in [4.78, 5) is 12.2. The van der Waals surface area contributed by atoms with Gasteiger partial charge in [0.1, 0.15) is 5.75 Å². The summed E-state index contributed by atoms with van der Waals surface area (Å²) in [5.74, 6) is 0.0330. The summed E-state index contributed by atoms with van der Waals surface area (Å²) < 4.78 is 0.747. The number of phenols is 1. The number of halogens is 1. The molecule has 2 N–H and O–H groups in total. The second kappa shape index (κ2) is 6.41. The van der Waals surface area contributed by atoms with Crippen molar-refractivity contribution in [2.75, 3.05) is 0 Å². The number of benzene rings is 1. The fraction of sp³-hybridized carbons (Fsp3) is 0.500. The first kappa shape index (κ1) is 15.3. The van der Waals surface area contributed by atoms with Crippen molar-refractivity contribution in [3.8, 4) is 5.75 Å². The van der Waals surface area contributed by atoms with Crippen LogP contribution in [0.2, 0.25) is 0 Å². The zero-order valence-electron chi connectivity index (χ0n) is 11.1. The lowest BCUT2D eigenvalue weighted by atomic mass is 9.89. The molecule has 0 aromatic heterocycles. The first-order chi connectivity index (χ1) is 8.48. The highest BCUT2D eigenvalue weighted by molar-refractivity contribution is 14.1. The van der Waals surface area contributed by atoms with Crippen molar-refractivity contribution in [1.29, 1.82) is 0 Å². The van der Waals surface area contributed by atoms with E-state index in [9.17, 15) is 9.90 Å². The standard InChI is InChI=1S/C14H20INO2/c1-4-14(5-2,6-3)16-13(18)10-7-8-11(15)12(17)9-10/h7-9,17H,4-6H2,1-3H3,(H,16,18). The topological polar surface area (TPSA) is 49.3 Å². The third-order valence-electron chi connectivity index (χ3n) is 3.62. The molecule has 0 aliphatic carbocycles. The summed E-state index contributed by atoms with van der Waals surface area (Å²) in [7, 11) is 0. The Bertz CT molecular complexity index is 420. The normalized spacial score (nSPS) is 11.3. The van der Waals surface area contributed by atoms with E-state index in [0.29, 0.717) is 5.56 Å². The van der Waals surface area contributed by atoms with Crippen LogP contribution >= 0.6 is 22.6 Å². The van der Waals surface area contributed by atoms with E-state index in [4.69, 9.17) is 0 Å². The smallest absolute Gasteiger partial charge is 0.251 e. The molecule has 0 unspecified atom stereocenters. The fourth-order valence-corrected chi connectivity index (χ4v) is 2.32. The molecule has 1 aromatic rings. The number of aromatic hydroxyl groups is 1. The third-order valence-corrected chi connectivity index (χ3v) is 4.53. The summed E-state index contributed by atoms with van der Waals surface area (Å²) in [5.41, 5.74) is 0.364. The lowest BCUT2D eigenvalue weighted by Gasteiger charge is -2.31. The number of phenolic OH excluding ortho intramolecular Hbond substituents is 1. The summed E-state index contributed by atoms with van der Waals surface area (Å²) >= 11 is 2.03. The number of amides is 1. The van der Waals surface area contributed by atoms with Gasteiger partial charge < -0.3 is 10.4 Å². The second-order valence-electron chi connectivity index (χ2n) is 4.46. The Balaban J connectivity index is 2.90. The lowest BCUT2D eigenvalue weighted by Crippen LogP contribution is -2.47. The van der Waals surface area contributed by atoms with Crippen LogP contribution in [0, 0.1) is 3.57 Å². The van der Waals surface area contributed by atoms with E-state index in [1.165, 1.54) is 6.07 Å². The predicted octanol–water partition coefficient (Wildman–Crippen LogP) is 3.70. The van der Waals surface area contributed by atoms with Crippen molar-refractivity contribution < 1.29 is 9.90 Å². The van der Waals surface area contributed by atoms with Crippen LogP contribution in [0.4, 0.5) is 0 Å². The maximum atomic E-state index is 12.2. The number of hydrogen-bond acceptors (Lipinski definition) is 2. The molecule has 0 aliphatic heterocycles. The van der Waals surface area contributed by atoms with Crippen LogP contribution in [0.3, 0.4) is 0 Å². The summed E-state index contributed by atoms with van der Waals surface area (Å²) in [5, 5.41) is 12.7. The van der Waals surface area contributed by atoms with Crippen LogP contribution in [0.1, 0.15) is 50.4 Å².